The minimum absolute atomic E-state index is 0.0991. The smallest absolute Gasteiger partial charge is 0.0794 e. The van der Waals surface area contributed by atoms with E-state index in [9.17, 15) is 0 Å². The van der Waals surface area contributed by atoms with Gasteiger partial charge >= 0.3 is 0 Å². The number of nitrogens with zero attached hydrogens (tertiary/aromatic N) is 2. The highest BCUT2D eigenvalue weighted by Gasteiger charge is 2.37. The molecule has 2 nitrogen and oxygen atoms in total. The van der Waals surface area contributed by atoms with Crippen LogP contribution in [0, 0.1) is 0 Å². The first kappa shape index (κ1) is 36.9. The third-order valence-electron chi connectivity index (χ3n) is 14.7. The number of hydrogen-bond acceptors (Lipinski definition) is 2. The van der Waals surface area contributed by atoms with Crippen LogP contribution in [-0.4, -0.2) is 9.97 Å². The highest BCUT2D eigenvalue weighted by atomic mass is 14.7. The van der Waals surface area contributed by atoms with E-state index in [1.54, 1.807) is 0 Å². The van der Waals surface area contributed by atoms with Crippen molar-refractivity contribution in [1.82, 2.24) is 9.97 Å². The monoisotopic (exact) mass is 816 g/mol. The van der Waals surface area contributed by atoms with Crippen molar-refractivity contribution in [2.24, 2.45) is 0 Å². The number of fused-ring (bicyclic) bond motifs is 11. The summed E-state index contributed by atoms with van der Waals surface area (Å²) in [6, 6.07) is 71.7. The minimum atomic E-state index is -0.128. The van der Waals surface area contributed by atoms with Gasteiger partial charge in [0.25, 0.3) is 0 Å². The van der Waals surface area contributed by atoms with Crippen LogP contribution in [0.2, 0.25) is 0 Å². The van der Waals surface area contributed by atoms with Gasteiger partial charge in [-0.3, -0.25) is 0 Å². The van der Waals surface area contributed by atoms with Crippen LogP contribution in [0.4, 0.5) is 0 Å². The Balaban J connectivity index is 1.04. The fraction of sp³-hybridized carbons (Fsp3) is 0.0968. The first-order valence-electron chi connectivity index (χ1n) is 22.5. The molecule has 0 saturated carbocycles. The van der Waals surface area contributed by atoms with Crippen molar-refractivity contribution >= 4 is 43.5 Å². The number of aromatic nitrogens is 2. The van der Waals surface area contributed by atoms with Crippen LogP contribution in [0.1, 0.15) is 49.9 Å². The lowest BCUT2D eigenvalue weighted by Crippen LogP contribution is -2.15. The molecular formula is C62H44N2. The van der Waals surface area contributed by atoms with Crippen LogP contribution >= 0.6 is 0 Å². The normalized spacial score (nSPS) is 14.2. The van der Waals surface area contributed by atoms with E-state index in [1.165, 1.54) is 77.7 Å². The summed E-state index contributed by atoms with van der Waals surface area (Å²) in [4.78, 5) is 10.6. The second-order valence-electron chi connectivity index (χ2n) is 18.9. The van der Waals surface area contributed by atoms with Crippen LogP contribution in [0.3, 0.4) is 0 Å². The molecule has 0 amide bonds. The lowest BCUT2D eigenvalue weighted by molar-refractivity contribution is 0.660. The van der Waals surface area contributed by atoms with Crippen molar-refractivity contribution in [1.29, 1.82) is 0 Å². The molecule has 2 heteroatoms. The van der Waals surface area contributed by atoms with Gasteiger partial charge in [0, 0.05) is 43.5 Å². The SMILES string of the molecule is CC1(C)c2ccccc2-c2ccc(-c3cc4c(-c5ccc6c(c5)C(C)(C)c5ccccc5-6)cc(-c5ccc(-c6c7ccccc7nc7ccccc67)cc5)nc4c4ccccc34)cc21. The van der Waals surface area contributed by atoms with Crippen LogP contribution < -0.4 is 0 Å². The molecule has 0 spiro atoms. The molecule has 0 aliphatic heterocycles. The van der Waals surface area contributed by atoms with Crippen molar-refractivity contribution in [2.75, 3.05) is 0 Å². The van der Waals surface area contributed by atoms with Gasteiger partial charge in [-0.15, -0.1) is 0 Å². The van der Waals surface area contributed by atoms with Crippen molar-refractivity contribution in [2.45, 2.75) is 38.5 Å². The number of rotatable bonds is 4. The summed E-state index contributed by atoms with van der Waals surface area (Å²) in [5, 5.41) is 5.82. The van der Waals surface area contributed by atoms with Crippen LogP contribution in [-0.2, 0) is 10.8 Å². The third kappa shape index (κ3) is 5.26. The highest BCUT2D eigenvalue weighted by Crippen LogP contribution is 2.52. The summed E-state index contributed by atoms with van der Waals surface area (Å²) in [6.45, 7) is 9.47. The average Bonchev–Trinajstić information content (AvgIpc) is 3.71. The average molecular weight is 817 g/mol. The molecule has 0 N–H and O–H groups in total. The molecule has 2 aliphatic carbocycles. The van der Waals surface area contributed by atoms with Gasteiger partial charge < -0.3 is 0 Å². The van der Waals surface area contributed by atoms with Crippen LogP contribution in [0.15, 0.2) is 194 Å². The number of para-hydroxylation sites is 2. The molecule has 64 heavy (non-hydrogen) atoms. The summed E-state index contributed by atoms with van der Waals surface area (Å²) < 4.78 is 0. The zero-order valence-corrected chi connectivity index (χ0v) is 36.4. The van der Waals surface area contributed by atoms with Gasteiger partial charge in [0.1, 0.15) is 0 Å². The summed E-state index contributed by atoms with van der Waals surface area (Å²) >= 11 is 0. The fourth-order valence-corrected chi connectivity index (χ4v) is 11.4. The van der Waals surface area contributed by atoms with Crippen molar-refractivity contribution in [3.8, 4) is 66.9 Å². The van der Waals surface area contributed by atoms with E-state index in [-0.39, 0.29) is 10.8 Å². The molecule has 0 fully saturated rings. The zero-order valence-electron chi connectivity index (χ0n) is 36.4. The molecular weight excluding hydrogens is 773 g/mol. The second-order valence-corrected chi connectivity index (χ2v) is 18.9. The van der Waals surface area contributed by atoms with Gasteiger partial charge in [-0.2, -0.15) is 0 Å². The van der Waals surface area contributed by atoms with Crippen LogP contribution in [0.5, 0.6) is 0 Å². The summed E-state index contributed by atoms with van der Waals surface area (Å²) in [5.41, 5.74) is 22.9. The lowest BCUT2D eigenvalue weighted by atomic mass is 9.81. The third-order valence-corrected chi connectivity index (χ3v) is 14.7. The predicted octanol–water partition coefficient (Wildman–Crippen LogP) is 16.4. The topological polar surface area (TPSA) is 25.8 Å². The largest absolute Gasteiger partial charge is 0.248 e. The molecule has 2 aliphatic rings. The van der Waals surface area contributed by atoms with E-state index in [0.29, 0.717) is 0 Å². The quantitative estimate of drug-likeness (QED) is 0.131. The summed E-state index contributed by atoms with van der Waals surface area (Å²) in [7, 11) is 0. The van der Waals surface area contributed by atoms with Crippen molar-refractivity contribution in [3.05, 3.63) is 216 Å². The molecule has 0 atom stereocenters. The predicted molar refractivity (Wildman–Crippen MR) is 269 cm³/mol. The number of pyridine rings is 2. The van der Waals surface area contributed by atoms with E-state index in [4.69, 9.17) is 9.97 Å². The van der Waals surface area contributed by atoms with E-state index in [1.807, 2.05) is 0 Å². The molecule has 0 unspecified atom stereocenters. The van der Waals surface area contributed by atoms with Crippen molar-refractivity contribution in [3.63, 3.8) is 0 Å². The summed E-state index contributed by atoms with van der Waals surface area (Å²) in [6.07, 6.45) is 0. The van der Waals surface area contributed by atoms with Gasteiger partial charge in [-0.1, -0.05) is 185 Å². The Morgan fingerprint density at radius 3 is 1.31 bits per heavy atom. The van der Waals surface area contributed by atoms with Gasteiger partial charge in [-0.25, -0.2) is 9.97 Å². The van der Waals surface area contributed by atoms with Gasteiger partial charge in [0.05, 0.1) is 22.2 Å². The molecule has 0 saturated heterocycles. The maximum atomic E-state index is 5.63. The summed E-state index contributed by atoms with van der Waals surface area (Å²) in [5.74, 6) is 0. The van der Waals surface area contributed by atoms with E-state index >= 15 is 0 Å². The van der Waals surface area contributed by atoms with E-state index in [2.05, 4.69) is 222 Å². The van der Waals surface area contributed by atoms with Crippen molar-refractivity contribution < 1.29 is 0 Å². The van der Waals surface area contributed by atoms with Gasteiger partial charge in [0.15, 0.2) is 0 Å². The molecule has 11 aromatic rings. The lowest BCUT2D eigenvalue weighted by Gasteiger charge is -2.23. The van der Waals surface area contributed by atoms with Crippen LogP contribution in [0.25, 0.3) is 110 Å². The Morgan fingerprint density at radius 1 is 0.297 bits per heavy atom. The highest BCUT2D eigenvalue weighted by molar-refractivity contribution is 6.16. The minimum Gasteiger partial charge on any atom is -0.248 e. The second kappa shape index (κ2) is 13.4. The Hall–Kier alpha value is -7.68. The van der Waals surface area contributed by atoms with E-state index in [0.717, 1.165) is 54.9 Å². The molecule has 2 heterocycles. The van der Waals surface area contributed by atoms with Gasteiger partial charge in [0.2, 0.25) is 0 Å². The Kier molecular flexibility index (Phi) is 7.74. The first-order valence-corrected chi connectivity index (χ1v) is 22.5. The number of hydrogen-bond donors (Lipinski definition) is 0. The fourth-order valence-electron chi connectivity index (χ4n) is 11.4. The standard InChI is InChI=1S/C62H44N2/c1-61(2)52-21-11-7-16-42(52)44-31-29-39(33-54(44)61)49-35-51-50(40-30-32-45-43-17-8-12-22-53(43)62(3,4)55(45)34-40)36-58(64-60(51)46-18-6-5-15-41(46)49)37-25-27-38(28-26-37)59-47-19-9-13-23-56(47)63-57-24-14-10-20-48(57)59/h5-36H,1-4H3. The molecule has 13 rings (SSSR count). The maximum absolute atomic E-state index is 5.63. The number of benzene rings is 9. The molecule has 9 aromatic carbocycles. The Labute approximate surface area is 373 Å². The molecule has 302 valence electrons. The molecule has 0 radical (unpaired) electrons. The molecule has 0 bridgehead atoms. The maximum Gasteiger partial charge on any atom is 0.0794 e. The Bertz CT molecular complexity index is 3720. The molecule has 2 aromatic heterocycles. The zero-order chi connectivity index (χ0) is 42.9. The van der Waals surface area contributed by atoms with E-state index < -0.39 is 0 Å². The van der Waals surface area contributed by atoms with Gasteiger partial charge in [-0.05, 0) is 114 Å². The first-order chi connectivity index (χ1) is 31.2. The Morgan fingerprint density at radius 2 is 0.734 bits per heavy atom.